The largest absolute Gasteiger partial charge is 0.254 e. The van der Waals surface area contributed by atoms with Crippen molar-refractivity contribution < 1.29 is 8.78 Å². The van der Waals surface area contributed by atoms with Crippen LogP contribution in [0.15, 0.2) is 28.7 Å². The fourth-order valence-corrected chi connectivity index (χ4v) is 2.70. The van der Waals surface area contributed by atoms with E-state index in [0.29, 0.717) is 12.8 Å². The molecule has 82 valence electrons. The number of hydrogen-bond acceptors (Lipinski definition) is 0. The molecule has 0 nitrogen and oxygen atoms in total. The summed E-state index contributed by atoms with van der Waals surface area (Å²) in [5.41, 5.74) is -0.160. The summed E-state index contributed by atoms with van der Waals surface area (Å²) in [7, 11) is 0. The molecular formula is C12H13BrF2. The molecule has 0 bridgehead atoms. The highest BCUT2D eigenvalue weighted by Crippen LogP contribution is 2.53. The average molecular weight is 275 g/mol. The monoisotopic (exact) mass is 274 g/mol. The lowest BCUT2D eigenvalue weighted by atomic mass is 9.61. The Hall–Kier alpha value is -0.440. The zero-order valence-corrected chi connectivity index (χ0v) is 10.2. The molecule has 0 unspecified atom stereocenters. The first-order valence-electron chi connectivity index (χ1n) is 5.10. The SMILES string of the molecule is CC(F)(F)C1(c2cccc(Br)c2)CCC1. The number of alkyl halides is 2. The summed E-state index contributed by atoms with van der Waals surface area (Å²) in [6.07, 6.45) is 2.08. The second kappa shape index (κ2) is 3.55. The van der Waals surface area contributed by atoms with Crippen molar-refractivity contribution in [3.8, 4) is 0 Å². The molecule has 0 N–H and O–H groups in total. The van der Waals surface area contributed by atoms with Crippen molar-refractivity contribution in [2.24, 2.45) is 0 Å². The minimum atomic E-state index is -2.63. The summed E-state index contributed by atoms with van der Waals surface area (Å²) in [4.78, 5) is 0. The molecule has 1 aromatic rings. The van der Waals surface area contributed by atoms with E-state index < -0.39 is 11.3 Å². The van der Waals surface area contributed by atoms with Gasteiger partial charge in [-0.15, -0.1) is 0 Å². The Morgan fingerprint density at radius 1 is 1.33 bits per heavy atom. The second-order valence-corrected chi connectivity index (χ2v) is 5.25. The van der Waals surface area contributed by atoms with Crippen LogP contribution >= 0.6 is 15.9 Å². The van der Waals surface area contributed by atoms with Gasteiger partial charge in [0.15, 0.2) is 0 Å². The molecule has 0 amide bonds. The average Bonchev–Trinajstić information content (AvgIpc) is 1.98. The number of halogens is 3. The quantitative estimate of drug-likeness (QED) is 0.744. The molecule has 0 spiro atoms. The van der Waals surface area contributed by atoms with Crippen LogP contribution in [-0.2, 0) is 5.41 Å². The summed E-state index contributed by atoms with van der Waals surface area (Å²) < 4.78 is 28.1. The fourth-order valence-electron chi connectivity index (χ4n) is 2.30. The highest BCUT2D eigenvalue weighted by Gasteiger charge is 2.54. The first kappa shape index (κ1) is 11.1. The Balaban J connectivity index is 2.43. The Morgan fingerprint density at radius 2 is 2.00 bits per heavy atom. The van der Waals surface area contributed by atoms with E-state index in [2.05, 4.69) is 15.9 Å². The molecule has 1 fully saturated rings. The topological polar surface area (TPSA) is 0 Å². The third kappa shape index (κ3) is 1.71. The van der Waals surface area contributed by atoms with Crippen molar-refractivity contribution in [3.63, 3.8) is 0 Å². The summed E-state index contributed by atoms with van der Waals surface area (Å²) in [5.74, 6) is -2.63. The molecule has 0 aromatic heterocycles. The van der Waals surface area contributed by atoms with Gasteiger partial charge in [0.2, 0.25) is 0 Å². The normalized spacial score (nSPS) is 19.7. The van der Waals surface area contributed by atoms with Gasteiger partial charge in [-0.2, -0.15) is 0 Å². The lowest BCUT2D eigenvalue weighted by Gasteiger charge is -2.46. The molecule has 3 heteroatoms. The minimum absolute atomic E-state index is 0.590. The van der Waals surface area contributed by atoms with Crippen LogP contribution in [0.4, 0.5) is 8.78 Å². The van der Waals surface area contributed by atoms with Gasteiger partial charge in [0.05, 0.1) is 5.41 Å². The van der Waals surface area contributed by atoms with Crippen LogP contribution < -0.4 is 0 Å². The summed E-state index contributed by atoms with van der Waals surface area (Å²) in [6, 6.07) is 7.31. The van der Waals surface area contributed by atoms with Crippen molar-refractivity contribution in [2.45, 2.75) is 37.5 Å². The van der Waals surface area contributed by atoms with E-state index in [9.17, 15) is 8.78 Å². The molecule has 0 radical (unpaired) electrons. The summed E-state index contributed by atoms with van der Waals surface area (Å²) in [5, 5.41) is 0. The molecule has 0 aliphatic heterocycles. The van der Waals surface area contributed by atoms with E-state index in [4.69, 9.17) is 0 Å². The van der Waals surface area contributed by atoms with Crippen LogP contribution in [0.25, 0.3) is 0 Å². The smallest absolute Gasteiger partial charge is 0.206 e. The molecule has 1 aromatic carbocycles. The predicted octanol–water partition coefficient (Wildman–Crippen LogP) is 4.53. The highest BCUT2D eigenvalue weighted by molar-refractivity contribution is 9.10. The van der Waals surface area contributed by atoms with Crippen LogP contribution in [0.1, 0.15) is 31.7 Å². The minimum Gasteiger partial charge on any atom is -0.206 e. The zero-order valence-electron chi connectivity index (χ0n) is 8.56. The van der Waals surface area contributed by atoms with Gasteiger partial charge >= 0.3 is 0 Å². The van der Waals surface area contributed by atoms with Crippen LogP contribution in [0.3, 0.4) is 0 Å². The number of benzene rings is 1. The van der Waals surface area contributed by atoms with Gasteiger partial charge in [0, 0.05) is 11.4 Å². The molecule has 1 saturated carbocycles. The number of rotatable bonds is 2. The van der Waals surface area contributed by atoms with Crippen LogP contribution in [0.5, 0.6) is 0 Å². The zero-order chi connectivity index (χ0) is 11.1. The van der Waals surface area contributed by atoms with Gasteiger partial charge in [-0.3, -0.25) is 0 Å². The standard InChI is InChI=1S/C12H13BrF2/c1-11(14,15)12(6-3-7-12)9-4-2-5-10(13)8-9/h2,4-5,8H,3,6-7H2,1H3. The summed E-state index contributed by atoms with van der Waals surface area (Å²) in [6.45, 7) is 1.03. The maximum Gasteiger partial charge on any atom is 0.254 e. The highest BCUT2D eigenvalue weighted by atomic mass is 79.9. The fraction of sp³-hybridized carbons (Fsp3) is 0.500. The van der Waals surface area contributed by atoms with Crippen LogP contribution in [0.2, 0.25) is 0 Å². The van der Waals surface area contributed by atoms with E-state index >= 15 is 0 Å². The molecule has 0 saturated heterocycles. The predicted molar refractivity (Wildman–Crippen MR) is 60.3 cm³/mol. The van der Waals surface area contributed by atoms with Crippen LogP contribution in [0, 0.1) is 0 Å². The maximum atomic E-state index is 13.6. The van der Waals surface area contributed by atoms with Gasteiger partial charge in [-0.05, 0) is 30.5 Å². The lowest BCUT2D eigenvalue weighted by molar-refractivity contribution is -0.0969. The van der Waals surface area contributed by atoms with Gasteiger partial charge < -0.3 is 0 Å². The Kier molecular flexibility index (Phi) is 2.61. The van der Waals surface area contributed by atoms with Crippen molar-refractivity contribution >= 4 is 15.9 Å². The molecule has 15 heavy (non-hydrogen) atoms. The van der Waals surface area contributed by atoms with Gasteiger partial charge in [0.1, 0.15) is 0 Å². The molecule has 0 atom stereocenters. The Bertz CT molecular complexity index is 364. The Morgan fingerprint density at radius 3 is 2.40 bits per heavy atom. The van der Waals surface area contributed by atoms with E-state index in [1.165, 1.54) is 0 Å². The second-order valence-electron chi connectivity index (χ2n) is 4.33. The third-order valence-corrected chi connectivity index (χ3v) is 3.92. The van der Waals surface area contributed by atoms with Crippen molar-refractivity contribution in [1.29, 1.82) is 0 Å². The first-order valence-corrected chi connectivity index (χ1v) is 5.89. The first-order chi connectivity index (χ1) is 6.96. The van der Waals surface area contributed by atoms with Crippen molar-refractivity contribution in [3.05, 3.63) is 34.3 Å². The molecule has 2 rings (SSSR count). The third-order valence-electron chi connectivity index (χ3n) is 3.42. The van der Waals surface area contributed by atoms with Crippen LogP contribution in [-0.4, -0.2) is 5.92 Å². The maximum absolute atomic E-state index is 13.6. The van der Waals surface area contributed by atoms with E-state index in [1.54, 1.807) is 6.07 Å². The lowest BCUT2D eigenvalue weighted by Crippen LogP contribution is -2.48. The van der Waals surface area contributed by atoms with Gasteiger partial charge in [-0.1, -0.05) is 34.5 Å². The molecule has 0 heterocycles. The van der Waals surface area contributed by atoms with E-state index in [0.717, 1.165) is 23.4 Å². The molecular weight excluding hydrogens is 262 g/mol. The van der Waals surface area contributed by atoms with Crippen molar-refractivity contribution in [2.75, 3.05) is 0 Å². The Labute approximate surface area is 96.8 Å². The molecule has 1 aliphatic carbocycles. The molecule has 1 aliphatic rings. The number of hydrogen-bond donors (Lipinski definition) is 0. The van der Waals surface area contributed by atoms with Gasteiger partial charge in [0.25, 0.3) is 5.92 Å². The summed E-state index contributed by atoms with van der Waals surface area (Å²) >= 11 is 3.33. The van der Waals surface area contributed by atoms with E-state index in [-0.39, 0.29) is 0 Å². The van der Waals surface area contributed by atoms with Crippen molar-refractivity contribution in [1.82, 2.24) is 0 Å². The van der Waals surface area contributed by atoms with E-state index in [1.807, 2.05) is 18.2 Å². The van der Waals surface area contributed by atoms with Gasteiger partial charge in [-0.25, -0.2) is 8.78 Å².